The van der Waals surface area contributed by atoms with E-state index in [4.69, 9.17) is 4.74 Å². The number of nitrogens with zero attached hydrogens (tertiary/aromatic N) is 4. The molecule has 26 heavy (non-hydrogen) atoms. The van der Waals surface area contributed by atoms with E-state index in [1.165, 1.54) is 26.7 Å². The summed E-state index contributed by atoms with van der Waals surface area (Å²) in [6.07, 6.45) is 0. The van der Waals surface area contributed by atoms with Crippen molar-refractivity contribution < 1.29 is 34.3 Å². The van der Waals surface area contributed by atoms with Crippen molar-refractivity contribution in [3.05, 3.63) is 56.7 Å². The largest absolute Gasteiger partial charge is 1.00 e. The molecule has 0 unspecified atom stereocenters. The molecule has 0 bridgehead atoms. The Morgan fingerprint density at radius 3 is 2.77 bits per heavy atom. The molecule has 0 spiro atoms. The predicted octanol–water partition coefficient (Wildman–Crippen LogP) is -1.32. The van der Waals surface area contributed by atoms with E-state index >= 15 is 0 Å². The minimum Gasteiger partial charge on any atom is -0.585 e. The molecule has 0 amide bonds. The fourth-order valence-corrected chi connectivity index (χ4v) is 3.81. The monoisotopic (exact) mass is 378 g/mol. The number of rotatable bonds is 4. The Hall–Kier alpha value is -1.71. The van der Waals surface area contributed by atoms with Gasteiger partial charge in [-0.3, -0.25) is 9.59 Å². The van der Waals surface area contributed by atoms with Crippen LogP contribution in [0.15, 0.2) is 39.9 Å². The van der Waals surface area contributed by atoms with E-state index in [2.05, 4.69) is 10.1 Å². The molecule has 4 aromatic rings. The Bertz CT molecular complexity index is 1170. The van der Waals surface area contributed by atoms with E-state index in [1.54, 1.807) is 14.0 Å². The molecule has 0 saturated carbocycles. The van der Waals surface area contributed by atoms with Crippen molar-refractivity contribution in [2.24, 2.45) is 0 Å². The average molecular weight is 378 g/mol. The van der Waals surface area contributed by atoms with Crippen LogP contribution in [0.4, 0.5) is 0 Å². The molecule has 7 nitrogen and oxygen atoms in total. The number of hydrogen-bond donors (Lipinski definition) is 0. The number of para-hydroxylation sites is 1. The molecule has 1 aromatic carbocycles. The van der Waals surface area contributed by atoms with Gasteiger partial charge in [-0.2, -0.15) is 0 Å². The van der Waals surface area contributed by atoms with Gasteiger partial charge >= 0.3 is 29.6 Å². The summed E-state index contributed by atoms with van der Waals surface area (Å²) in [4.78, 5) is 29.7. The molecule has 0 aliphatic carbocycles. The van der Waals surface area contributed by atoms with Gasteiger partial charge in [0.15, 0.2) is 5.13 Å². The average Bonchev–Trinajstić information content (AvgIpc) is 3.15. The number of benzene rings is 1. The van der Waals surface area contributed by atoms with Crippen LogP contribution in [0.2, 0.25) is 0 Å². The number of aromatic nitrogens is 4. The SMILES string of the molecule is COCCn1c(C)c2c(=O)n(-c3nc4ccccc4s3)[n-]c2cc1=O.[Na+]. The van der Waals surface area contributed by atoms with Gasteiger partial charge in [0.25, 0.3) is 0 Å². The van der Waals surface area contributed by atoms with Crippen LogP contribution in [0.5, 0.6) is 0 Å². The first-order valence-corrected chi connectivity index (χ1v) is 8.57. The Kier molecular flexibility index (Phi) is 5.50. The van der Waals surface area contributed by atoms with Gasteiger partial charge in [0.05, 0.1) is 16.8 Å². The zero-order valence-electron chi connectivity index (χ0n) is 14.7. The van der Waals surface area contributed by atoms with Gasteiger partial charge in [0, 0.05) is 24.7 Å². The fraction of sp³-hybridized carbons (Fsp3) is 0.235. The number of ether oxygens (including phenoxy) is 1. The quantitative estimate of drug-likeness (QED) is 0.412. The van der Waals surface area contributed by atoms with Gasteiger partial charge in [-0.05, 0) is 25.1 Å². The smallest absolute Gasteiger partial charge is 0.585 e. The van der Waals surface area contributed by atoms with Crippen LogP contribution in [0.3, 0.4) is 0 Å². The Morgan fingerprint density at radius 1 is 1.27 bits per heavy atom. The molecule has 0 aliphatic heterocycles. The van der Waals surface area contributed by atoms with Gasteiger partial charge in [-0.15, -0.1) is 5.52 Å². The van der Waals surface area contributed by atoms with Crippen LogP contribution >= 0.6 is 11.3 Å². The van der Waals surface area contributed by atoms with Crippen molar-refractivity contribution in [1.82, 2.24) is 19.3 Å². The summed E-state index contributed by atoms with van der Waals surface area (Å²) in [5.41, 5.74) is 1.34. The zero-order valence-corrected chi connectivity index (χ0v) is 17.5. The minimum atomic E-state index is -0.266. The van der Waals surface area contributed by atoms with E-state index in [9.17, 15) is 9.59 Å². The third kappa shape index (κ3) is 3.08. The number of aryl methyl sites for hydroxylation is 1. The number of methoxy groups -OCH3 is 1. The van der Waals surface area contributed by atoms with E-state index in [0.717, 1.165) is 10.2 Å². The molecular weight excluding hydrogens is 363 g/mol. The Labute approximate surface area is 174 Å². The molecule has 0 fully saturated rings. The van der Waals surface area contributed by atoms with Gasteiger partial charge in [-0.25, -0.2) is 4.98 Å². The molecular formula is C17H15N4NaO3S. The second kappa shape index (κ2) is 7.50. The van der Waals surface area contributed by atoms with Crippen molar-refractivity contribution in [1.29, 1.82) is 0 Å². The summed E-state index contributed by atoms with van der Waals surface area (Å²) < 4.78 is 8.84. The van der Waals surface area contributed by atoms with E-state index in [1.807, 2.05) is 24.3 Å². The first kappa shape index (κ1) is 19.1. The normalized spacial score (nSPS) is 11.2. The maximum Gasteiger partial charge on any atom is 1.00 e. The van der Waals surface area contributed by atoms with Crippen LogP contribution in [-0.4, -0.2) is 27.9 Å². The molecule has 4 rings (SSSR count). The fourth-order valence-electron chi connectivity index (χ4n) is 2.90. The molecule has 0 saturated heterocycles. The van der Waals surface area contributed by atoms with Gasteiger partial charge in [0.1, 0.15) is 0 Å². The predicted molar refractivity (Wildman–Crippen MR) is 96.9 cm³/mol. The maximum absolute atomic E-state index is 12.9. The third-order valence-electron chi connectivity index (χ3n) is 4.15. The second-order valence-corrected chi connectivity index (χ2v) is 6.66. The topological polar surface area (TPSA) is 80.2 Å². The molecule has 0 N–H and O–H groups in total. The molecule has 9 heteroatoms. The minimum absolute atomic E-state index is 0. The molecule has 0 atom stereocenters. The molecule has 0 aliphatic rings. The van der Waals surface area contributed by atoms with Crippen molar-refractivity contribution in [3.8, 4) is 5.13 Å². The third-order valence-corrected chi connectivity index (χ3v) is 5.16. The number of hydrogen-bond acceptors (Lipinski definition) is 5. The van der Waals surface area contributed by atoms with Gasteiger partial charge < -0.3 is 19.1 Å². The van der Waals surface area contributed by atoms with Crippen molar-refractivity contribution in [2.45, 2.75) is 13.5 Å². The Balaban J connectivity index is 0.00000196. The van der Waals surface area contributed by atoms with E-state index in [0.29, 0.717) is 34.9 Å². The first-order chi connectivity index (χ1) is 12.1. The van der Waals surface area contributed by atoms with Crippen molar-refractivity contribution in [2.75, 3.05) is 13.7 Å². The second-order valence-electron chi connectivity index (χ2n) is 5.65. The maximum atomic E-state index is 12.9. The first-order valence-electron chi connectivity index (χ1n) is 7.75. The number of pyridine rings is 1. The molecule has 3 heterocycles. The van der Waals surface area contributed by atoms with Gasteiger partial charge in [0.2, 0.25) is 11.1 Å². The summed E-state index contributed by atoms with van der Waals surface area (Å²) >= 11 is 1.39. The van der Waals surface area contributed by atoms with Crippen LogP contribution in [0.1, 0.15) is 5.69 Å². The summed E-state index contributed by atoms with van der Waals surface area (Å²) in [6.45, 7) is 2.54. The standard InChI is InChI=1S/C17H16N4O3S.Na/c1-10-15-12(9-14(22)20(10)7-8-24-2)19-21(16(15)23)17-18-11-5-3-4-6-13(11)25-17;/h3-6,9H,7-8H2,1-2H3,(H,19,22);/q;+1/p-1. The van der Waals surface area contributed by atoms with Gasteiger partial charge in [-0.1, -0.05) is 23.5 Å². The summed E-state index contributed by atoms with van der Waals surface area (Å²) in [7, 11) is 1.57. The Morgan fingerprint density at radius 2 is 2.04 bits per heavy atom. The van der Waals surface area contributed by atoms with Crippen LogP contribution < -0.4 is 45.8 Å². The summed E-state index contributed by atoms with van der Waals surface area (Å²) in [5, 5.41) is 5.27. The number of thiazole rings is 1. The van der Waals surface area contributed by atoms with Crippen LogP contribution in [-0.2, 0) is 11.3 Å². The summed E-state index contributed by atoms with van der Waals surface area (Å²) in [5.74, 6) is 0. The summed E-state index contributed by atoms with van der Waals surface area (Å²) in [6, 6.07) is 9.06. The van der Waals surface area contributed by atoms with E-state index < -0.39 is 0 Å². The number of fused-ring (bicyclic) bond motifs is 2. The molecule has 128 valence electrons. The van der Waals surface area contributed by atoms with Crippen LogP contribution in [0, 0.1) is 6.92 Å². The van der Waals surface area contributed by atoms with Crippen LogP contribution in [0.25, 0.3) is 26.3 Å². The van der Waals surface area contributed by atoms with E-state index in [-0.39, 0.29) is 40.7 Å². The molecule has 3 aromatic heterocycles. The molecule has 0 radical (unpaired) electrons. The van der Waals surface area contributed by atoms with Crippen molar-refractivity contribution >= 4 is 32.5 Å². The van der Waals surface area contributed by atoms with Crippen molar-refractivity contribution in [3.63, 3.8) is 0 Å². The zero-order chi connectivity index (χ0) is 17.6.